The Kier molecular flexibility index (Phi) is 6.36. The van der Waals surface area contributed by atoms with Gasteiger partial charge >= 0.3 is 5.97 Å². The lowest BCUT2D eigenvalue weighted by Gasteiger charge is -2.16. The third-order valence-electron chi connectivity index (χ3n) is 4.23. The number of rotatable bonds is 8. The molecule has 3 aromatic rings. The number of amides is 1. The summed E-state index contributed by atoms with van der Waals surface area (Å²) in [5.74, 6) is -0.477. The quantitative estimate of drug-likeness (QED) is 0.564. The first-order valence-electron chi connectivity index (χ1n) is 9.11. The van der Waals surface area contributed by atoms with E-state index >= 15 is 0 Å². The highest BCUT2D eigenvalue weighted by atomic mass is 32.2. The van der Waals surface area contributed by atoms with Crippen LogP contribution in [0.5, 0.6) is 0 Å². The first-order valence-corrected chi connectivity index (χ1v) is 10.1. The monoisotopic (exact) mass is 397 g/mol. The van der Waals surface area contributed by atoms with E-state index in [9.17, 15) is 14.7 Å². The van der Waals surface area contributed by atoms with Crippen LogP contribution in [0.15, 0.2) is 59.8 Å². The lowest BCUT2D eigenvalue weighted by atomic mass is 10.0. The molecule has 0 aliphatic heterocycles. The van der Waals surface area contributed by atoms with Gasteiger partial charge in [-0.05, 0) is 48.7 Å². The van der Waals surface area contributed by atoms with Gasteiger partial charge in [0.1, 0.15) is 11.7 Å². The number of fused-ring (bicyclic) bond motifs is 1. The lowest BCUT2D eigenvalue weighted by Crippen LogP contribution is -2.41. The summed E-state index contributed by atoms with van der Waals surface area (Å²) in [4.78, 5) is 29.2. The average molecular weight is 398 g/mol. The van der Waals surface area contributed by atoms with E-state index in [1.165, 1.54) is 0 Å². The zero-order valence-electron chi connectivity index (χ0n) is 15.8. The number of imidazole rings is 1. The van der Waals surface area contributed by atoms with Crippen LogP contribution in [0.1, 0.15) is 36.3 Å². The van der Waals surface area contributed by atoms with Crippen LogP contribution in [0.4, 0.5) is 0 Å². The molecule has 0 radical (unpaired) electrons. The molecule has 7 heteroatoms. The van der Waals surface area contributed by atoms with Crippen LogP contribution in [0.2, 0.25) is 0 Å². The van der Waals surface area contributed by atoms with Gasteiger partial charge in [0, 0.05) is 28.6 Å². The van der Waals surface area contributed by atoms with Crippen molar-refractivity contribution >= 4 is 29.3 Å². The minimum atomic E-state index is -1.01. The summed E-state index contributed by atoms with van der Waals surface area (Å²) in [5, 5.41) is 11.9. The molecule has 0 saturated carbocycles. The molecule has 0 fully saturated rings. The van der Waals surface area contributed by atoms with Crippen LogP contribution >= 0.6 is 11.8 Å². The predicted molar refractivity (Wildman–Crippen MR) is 110 cm³/mol. The molecule has 28 heavy (non-hydrogen) atoms. The van der Waals surface area contributed by atoms with Gasteiger partial charge in [-0.1, -0.05) is 19.9 Å². The van der Waals surface area contributed by atoms with Gasteiger partial charge in [-0.3, -0.25) is 4.79 Å². The van der Waals surface area contributed by atoms with Gasteiger partial charge in [0.2, 0.25) is 0 Å². The number of carbonyl (C=O) groups is 2. The number of thioether (sulfide) groups is 1. The average Bonchev–Trinajstić information content (AvgIpc) is 3.08. The maximum atomic E-state index is 12.3. The third kappa shape index (κ3) is 5.13. The highest BCUT2D eigenvalue weighted by Gasteiger charge is 2.21. The highest BCUT2D eigenvalue weighted by Crippen LogP contribution is 2.23. The normalized spacial score (nSPS) is 12.2. The zero-order chi connectivity index (χ0) is 20.1. The van der Waals surface area contributed by atoms with E-state index in [4.69, 9.17) is 0 Å². The Bertz CT molecular complexity index is 933. The Balaban J connectivity index is 1.59. The largest absolute Gasteiger partial charge is 0.480 e. The van der Waals surface area contributed by atoms with Gasteiger partial charge in [0.15, 0.2) is 0 Å². The minimum Gasteiger partial charge on any atom is -0.480 e. The molecule has 0 spiro atoms. The zero-order valence-corrected chi connectivity index (χ0v) is 16.6. The molecule has 2 aromatic heterocycles. The predicted octanol–water partition coefficient (Wildman–Crippen LogP) is 3.86. The van der Waals surface area contributed by atoms with Crippen molar-refractivity contribution in [3.63, 3.8) is 0 Å². The minimum absolute atomic E-state index is 0.180. The van der Waals surface area contributed by atoms with Crippen molar-refractivity contribution in [3.8, 4) is 0 Å². The number of pyridine rings is 1. The van der Waals surface area contributed by atoms with Crippen LogP contribution in [0, 0.1) is 5.92 Å². The molecule has 2 N–H and O–H groups in total. The first-order chi connectivity index (χ1) is 13.4. The molecule has 2 heterocycles. The molecule has 1 aromatic carbocycles. The fraction of sp³-hybridized carbons (Fsp3) is 0.286. The Labute approximate surface area is 168 Å². The van der Waals surface area contributed by atoms with Gasteiger partial charge in [-0.2, -0.15) is 0 Å². The second-order valence-electron chi connectivity index (χ2n) is 7.01. The summed E-state index contributed by atoms with van der Waals surface area (Å²) >= 11 is 1.63. The second-order valence-corrected chi connectivity index (χ2v) is 8.05. The number of aliphatic carboxylic acids is 1. The molecule has 3 rings (SSSR count). The van der Waals surface area contributed by atoms with Crippen molar-refractivity contribution in [1.29, 1.82) is 0 Å². The SMILES string of the molecule is CC(C)C[C@@H](NC(=O)c1ccc(SCc2cn3ccccc3n2)cc1)C(=O)O. The van der Waals surface area contributed by atoms with E-state index in [0.29, 0.717) is 12.0 Å². The van der Waals surface area contributed by atoms with E-state index in [0.717, 1.165) is 22.0 Å². The van der Waals surface area contributed by atoms with E-state index in [-0.39, 0.29) is 11.8 Å². The Morgan fingerprint density at radius 2 is 1.93 bits per heavy atom. The number of aromatic nitrogens is 2. The van der Waals surface area contributed by atoms with Gasteiger partial charge in [0.25, 0.3) is 5.91 Å². The number of hydrogen-bond donors (Lipinski definition) is 2. The summed E-state index contributed by atoms with van der Waals surface area (Å²) in [5.41, 5.74) is 2.35. The fourth-order valence-corrected chi connectivity index (χ4v) is 3.63. The van der Waals surface area contributed by atoms with E-state index in [2.05, 4.69) is 10.3 Å². The van der Waals surface area contributed by atoms with Crippen LogP contribution < -0.4 is 5.32 Å². The standard InChI is InChI=1S/C21H23N3O3S/c1-14(2)11-18(21(26)27)23-20(25)15-6-8-17(9-7-15)28-13-16-12-24-10-4-3-5-19(24)22-16/h3-10,12,14,18H,11,13H2,1-2H3,(H,23,25)(H,26,27)/t18-/m1/s1. The summed E-state index contributed by atoms with van der Waals surface area (Å²) in [6, 6.07) is 12.2. The molecule has 146 valence electrons. The highest BCUT2D eigenvalue weighted by molar-refractivity contribution is 7.98. The maximum absolute atomic E-state index is 12.3. The number of hydrogen-bond acceptors (Lipinski definition) is 4. The molecule has 1 amide bonds. The Morgan fingerprint density at radius 1 is 1.18 bits per heavy atom. The van der Waals surface area contributed by atoms with E-state index in [1.807, 2.05) is 61.0 Å². The van der Waals surface area contributed by atoms with Crippen LogP contribution in [-0.4, -0.2) is 32.4 Å². The van der Waals surface area contributed by atoms with Gasteiger partial charge in [-0.25, -0.2) is 9.78 Å². The Hall–Kier alpha value is -2.80. The molecular weight excluding hydrogens is 374 g/mol. The summed E-state index contributed by atoms with van der Waals surface area (Å²) in [6.45, 7) is 3.86. The van der Waals surface area contributed by atoms with Crippen molar-refractivity contribution < 1.29 is 14.7 Å². The number of nitrogens with one attached hydrogen (secondary N) is 1. The number of carboxylic acids is 1. The Morgan fingerprint density at radius 3 is 2.57 bits per heavy atom. The van der Waals surface area contributed by atoms with Crippen molar-refractivity contribution in [3.05, 3.63) is 66.1 Å². The molecule has 0 bridgehead atoms. The lowest BCUT2D eigenvalue weighted by molar-refractivity contribution is -0.139. The number of carboxylic acid groups (broad SMARTS) is 1. The molecule has 0 saturated heterocycles. The maximum Gasteiger partial charge on any atom is 0.326 e. The molecule has 6 nitrogen and oxygen atoms in total. The molecule has 0 unspecified atom stereocenters. The topological polar surface area (TPSA) is 83.7 Å². The van der Waals surface area contributed by atoms with Crippen molar-refractivity contribution in [2.45, 2.75) is 37.0 Å². The summed E-state index contributed by atoms with van der Waals surface area (Å²) < 4.78 is 1.99. The van der Waals surface area contributed by atoms with Crippen molar-refractivity contribution in [2.75, 3.05) is 0 Å². The van der Waals surface area contributed by atoms with Crippen molar-refractivity contribution in [1.82, 2.24) is 14.7 Å². The number of benzene rings is 1. The van der Waals surface area contributed by atoms with Gasteiger partial charge < -0.3 is 14.8 Å². The number of nitrogens with zero attached hydrogens (tertiary/aromatic N) is 2. The van der Waals surface area contributed by atoms with Gasteiger partial charge in [0.05, 0.1) is 5.69 Å². The molecule has 1 atom stereocenters. The first kappa shape index (κ1) is 19.9. The second kappa shape index (κ2) is 8.93. The number of carbonyl (C=O) groups excluding carboxylic acids is 1. The van der Waals surface area contributed by atoms with E-state index < -0.39 is 12.0 Å². The van der Waals surface area contributed by atoms with Crippen LogP contribution in [0.25, 0.3) is 5.65 Å². The summed E-state index contributed by atoms with van der Waals surface area (Å²) in [7, 11) is 0. The van der Waals surface area contributed by atoms with Gasteiger partial charge in [-0.15, -0.1) is 11.8 Å². The molecule has 0 aliphatic rings. The third-order valence-corrected chi connectivity index (χ3v) is 5.27. The molecule has 0 aliphatic carbocycles. The smallest absolute Gasteiger partial charge is 0.326 e. The summed E-state index contributed by atoms with van der Waals surface area (Å²) in [6.07, 6.45) is 4.37. The fourth-order valence-electron chi connectivity index (χ4n) is 2.85. The van der Waals surface area contributed by atoms with Crippen LogP contribution in [0.3, 0.4) is 0 Å². The van der Waals surface area contributed by atoms with Crippen molar-refractivity contribution in [2.24, 2.45) is 5.92 Å². The van der Waals surface area contributed by atoms with Crippen LogP contribution in [-0.2, 0) is 10.5 Å². The molecular formula is C21H23N3O3S. The van der Waals surface area contributed by atoms with E-state index in [1.54, 1.807) is 23.9 Å².